The summed E-state index contributed by atoms with van der Waals surface area (Å²) in [7, 11) is 1.57. The molecule has 2 aromatic carbocycles. The topological polar surface area (TPSA) is 126 Å². The van der Waals surface area contributed by atoms with E-state index >= 15 is 0 Å². The summed E-state index contributed by atoms with van der Waals surface area (Å²) in [6, 6.07) is 19.8. The zero-order chi connectivity index (χ0) is 27.8. The number of methoxy groups -OCH3 is 1. The Kier molecular flexibility index (Phi) is 8.97. The van der Waals surface area contributed by atoms with Gasteiger partial charge in [-0.2, -0.15) is 5.26 Å². The number of nitriles is 1. The summed E-state index contributed by atoms with van der Waals surface area (Å²) < 4.78 is 16.4. The molecule has 1 aliphatic rings. The Morgan fingerprint density at radius 3 is 2.54 bits per heavy atom. The second-order valence-electron chi connectivity index (χ2n) is 8.42. The van der Waals surface area contributed by atoms with Crippen LogP contribution in [0.4, 0.5) is 11.4 Å². The maximum Gasteiger partial charge on any atom is 0.254 e. The molecular weight excluding hydrogens is 516 g/mol. The minimum atomic E-state index is -0.756. The Labute approximate surface area is 230 Å². The van der Waals surface area contributed by atoms with Crippen LogP contribution in [0.3, 0.4) is 0 Å². The highest BCUT2D eigenvalue weighted by atomic mass is 32.2. The number of nitrogens with zero attached hydrogens (tertiary/aromatic N) is 1. The van der Waals surface area contributed by atoms with Crippen molar-refractivity contribution in [1.29, 1.82) is 5.26 Å². The number of furan rings is 1. The Hall–Kier alpha value is -4.62. The highest BCUT2D eigenvalue weighted by molar-refractivity contribution is 8.03. The Morgan fingerprint density at radius 1 is 1.10 bits per heavy atom. The van der Waals surface area contributed by atoms with Crippen LogP contribution < -0.4 is 25.4 Å². The van der Waals surface area contributed by atoms with Gasteiger partial charge in [0.25, 0.3) is 5.91 Å². The summed E-state index contributed by atoms with van der Waals surface area (Å²) in [5.41, 5.74) is 2.31. The molecule has 1 unspecified atom stereocenters. The number of rotatable bonds is 10. The molecule has 9 nitrogen and oxygen atoms in total. The van der Waals surface area contributed by atoms with E-state index in [1.165, 1.54) is 18.0 Å². The third kappa shape index (κ3) is 6.45. The first-order chi connectivity index (χ1) is 18.9. The largest absolute Gasteiger partial charge is 0.497 e. The third-order valence-corrected chi connectivity index (χ3v) is 6.89. The molecule has 4 rings (SSSR count). The SMILES string of the molecule is CCOc1ccccc1NC(=O)CSC1=C(C#N)C(c2ccco2)C(C(=O)Nc2ccc(OC)cc2)=C(C)N1. The molecule has 3 N–H and O–H groups in total. The van der Waals surface area contributed by atoms with Crippen LogP contribution in [0.15, 0.2) is 93.2 Å². The number of nitrogens with one attached hydrogen (secondary N) is 3. The van der Waals surface area contributed by atoms with E-state index in [4.69, 9.17) is 13.9 Å². The number of ether oxygens (including phenoxy) is 2. The summed E-state index contributed by atoms with van der Waals surface area (Å²) in [5, 5.41) is 19.6. The molecule has 1 aromatic heterocycles. The first-order valence-electron chi connectivity index (χ1n) is 12.2. The van der Waals surface area contributed by atoms with Crippen molar-refractivity contribution in [1.82, 2.24) is 5.32 Å². The molecule has 3 aromatic rings. The molecule has 0 fully saturated rings. The molecule has 39 heavy (non-hydrogen) atoms. The predicted molar refractivity (Wildman–Crippen MR) is 150 cm³/mol. The molecular formula is C29H28N4O5S. The van der Waals surface area contributed by atoms with E-state index in [0.717, 1.165) is 0 Å². The normalized spacial score (nSPS) is 14.8. The van der Waals surface area contributed by atoms with Crippen molar-refractivity contribution in [3.63, 3.8) is 0 Å². The van der Waals surface area contributed by atoms with Crippen molar-refractivity contribution in [3.05, 3.63) is 94.6 Å². The van der Waals surface area contributed by atoms with Gasteiger partial charge in [0.2, 0.25) is 5.91 Å². The lowest BCUT2D eigenvalue weighted by atomic mass is 9.85. The summed E-state index contributed by atoms with van der Waals surface area (Å²) in [4.78, 5) is 26.3. The molecule has 0 radical (unpaired) electrons. The molecule has 0 bridgehead atoms. The van der Waals surface area contributed by atoms with Crippen molar-refractivity contribution in [2.24, 2.45) is 0 Å². The number of benzene rings is 2. The number of hydrogen-bond donors (Lipinski definition) is 3. The lowest BCUT2D eigenvalue weighted by Gasteiger charge is -2.28. The summed E-state index contributed by atoms with van der Waals surface area (Å²) >= 11 is 1.17. The first-order valence-corrected chi connectivity index (χ1v) is 13.2. The van der Waals surface area contributed by atoms with Crippen LogP contribution in [0.2, 0.25) is 0 Å². The standard InChI is InChI=1S/C29H28N4O5S/c1-4-37-23-9-6-5-8-22(23)33-25(34)17-39-29-21(16-30)27(24-10-7-15-38-24)26(18(2)31-29)28(35)32-19-11-13-20(36-3)14-12-19/h5-15,27,31H,4,17H2,1-3H3,(H,32,35)(H,33,34). The van der Waals surface area contributed by atoms with Gasteiger partial charge in [-0.05, 0) is 62.4 Å². The molecule has 10 heteroatoms. The molecule has 0 aliphatic carbocycles. The fraction of sp³-hybridized carbons (Fsp3) is 0.207. The number of para-hydroxylation sites is 2. The minimum Gasteiger partial charge on any atom is -0.497 e. The van der Waals surface area contributed by atoms with Crippen LogP contribution in [0, 0.1) is 11.3 Å². The second kappa shape index (κ2) is 12.8. The smallest absolute Gasteiger partial charge is 0.254 e. The van der Waals surface area contributed by atoms with E-state index in [1.54, 1.807) is 62.6 Å². The number of carbonyl (C=O) groups is 2. The number of thioether (sulfide) groups is 1. The first kappa shape index (κ1) is 27.4. The maximum atomic E-state index is 13.5. The zero-order valence-electron chi connectivity index (χ0n) is 21.7. The summed E-state index contributed by atoms with van der Waals surface area (Å²) in [5.74, 6) is 0.313. The monoisotopic (exact) mass is 544 g/mol. The summed E-state index contributed by atoms with van der Waals surface area (Å²) in [6.45, 7) is 4.10. The van der Waals surface area contributed by atoms with Gasteiger partial charge in [0.15, 0.2) is 0 Å². The number of allylic oxidation sites excluding steroid dienone is 2. The van der Waals surface area contributed by atoms with Crippen molar-refractivity contribution in [2.75, 3.05) is 30.1 Å². The van der Waals surface area contributed by atoms with Crippen LogP contribution in [0.1, 0.15) is 25.5 Å². The highest BCUT2D eigenvalue weighted by Gasteiger charge is 2.36. The highest BCUT2D eigenvalue weighted by Crippen LogP contribution is 2.41. The van der Waals surface area contributed by atoms with Gasteiger partial charge in [0, 0.05) is 11.4 Å². The number of anilines is 2. The van der Waals surface area contributed by atoms with E-state index in [0.29, 0.717) is 51.5 Å². The minimum absolute atomic E-state index is 0.0273. The number of hydrogen-bond acceptors (Lipinski definition) is 8. The molecule has 0 saturated heterocycles. The second-order valence-corrected chi connectivity index (χ2v) is 9.40. The quantitative estimate of drug-likeness (QED) is 0.310. The Bertz CT molecular complexity index is 1440. The fourth-order valence-electron chi connectivity index (χ4n) is 4.12. The lowest BCUT2D eigenvalue weighted by Crippen LogP contribution is -2.31. The van der Waals surface area contributed by atoms with Gasteiger partial charge in [0.1, 0.15) is 17.3 Å². The van der Waals surface area contributed by atoms with Crippen LogP contribution in [-0.4, -0.2) is 31.3 Å². The van der Waals surface area contributed by atoms with Gasteiger partial charge in [-0.1, -0.05) is 23.9 Å². The van der Waals surface area contributed by atoms with Gasteiger partial charge in [0.05, 0.1) is 59.6 Å². The van der Waals surface area contributed by atoms with E-state index in [-0.39, 0.29) is 23.1 Å². The Morgan fingerprint density at radius 2 is 1.87 bits per heavy atom. The Balaban J connectivity index is 1.55. The zero-order valence-corrected chi connectivity index (χ0v) is 22.6. The van der Waals surface area contributed by atoms with Crippen LogP contribution >= 0.6 is 11.8 Å². The molecule has 2 heterocycles. The lowest BCUT2D eigenvalue weighted by molar-refractivity contribution is -0.114. The van der Waals surface area contributed by atoms with E-state index in [1.807, 2.05) is 19.1 Å². The van der Waals surface area contributed by atoms with Gasteiger partial charge in [-0.25, -0.2) is 0 Å². The molecule has 0 spiro atoms. The van der Waals surface area contributed by atoms with Gasteiger partial charge in [-0.15, -0.1) is 0 Å². The van der Waals surface area contributed by atoms with Gasteiger partial charge < -0.3 is 29.8 Å². The predicted octanol–water partition coefficient (Wildman–Crippen LogP) is 5.39. The van der Waals surface area contributed by atoms with Gasteiger partial charge >= 0.3 is 0 Å². The fourth-order valence-corrected chi connectivity index (χ4v) is 5.01. The van der Waals surface area contributed by atoms with Crippen molar-refractivity contribution >= 4 is 35.0 Å². The van der Waals surface area contributed by atoms with Crippen molar-refractivity contribution in [2.45, 2.75) is 19.8 Å². The average molecular weight is 545 g/mol. The van der Waals surface area contributed by atoms with Crippen molar-refractivity contribution < 1.29 is 23.5 Å². The summed E-state index contributed by atoms with van der Waals surface area (Å²) in [6.07, 6.45) is 1.50. The molecule has 2 amide bonds. The van der Waals surface area contributed by atoms with Gasteiger partial charge in [-0.3, -0.25) is 9.59 Å². The van der Waals surface area contributed by atoms with E-state index < -0.39 is 5.92 Å². The number of dihydropyridines is 1. The number of amides is 2. The molecule has 1 atom stereocenters. The van der Waals surface area contributed by atoms with E-state index in [9.17, 15) is 14.9 Å². The third-order valence-electron chi connectivity index (χ3n) is 5.88. The number of carbonyl (C=O) groups excluding carboxylic acids is 2. The molecule has 0 saturated carbocycles. The van der Waals surface area contributed by atoms with Crippen LogP contribution in [0.25, 0.3) is 0 Å². The molecule has 200 valence electrons. The maximum absolute atomic E-state index is 13.5. The van der Waals surface area contributed by atoms with Crippen LogP contribution in [-0.2, 0) is 9.59 Å². The van der Waals surface area contributed by atoms with Crippen LogP contribution in [0.5, 0.6) is 11.5 Å². The molecule has 1 aliphatic heterocycles. The van der Waals surface area contributed by atoms with Crippen molar-refractivity contribution in [3.8, 4) is 17.6 Å². The van der Waals surface area contributed by atoms with E-state index in [2.05, 4.69) is 22.0 Å². The average Bonchev–Trinajstić information content (AvgIpc) is 3.48.